The van der Waals surface area contributed by atoms with Crippen LogP contribution in [-0.4, -0.2) is 17.6 Å². The van der Waals surface area contributed by atoms with Crippen LogP contribution in [-0.2, 0) is 11.3 Å². The van der Waals surface area contributed by atoms with E-state index in [0.717, 1.165) is 5.56 Å². The Morgan fingerprint density at radius 1 is 1.55 bits per heavy atom. The molecular weight excluding hydrogens is 303 g/mol. The molecule has 0 unspecified atom stereocenters. The van der Waals surface area contributed by atoms with Crippen molar-refractivity contribution in [1.29, 1.82) is 0 Å². The molecule has 0 bridgehead atoms. The first-order valence-corrected chi connectivity index (χ1v) is 7.16. The highest BCUT2D eigenvalue weighted by molar-refractivity contribution is 7.13. The molecule has 0 atom stereocenters. The van der Waals surface area contributed by atoms with E-state index in [0.29, 0.717) is 18.3 Å². The monoisotopic (exact) mass is 314 g/mol. The zero-order valence-corrected chi connectivity index (χ0v) is 12.2. The molecule has 0 saturated heterocycles. The van der Waals surface area contributed by atoms with Crippen LogP contribution < -0.4 is 5.32 Å². The van der Waals surface area contributed by atoms with Gasteiger partial charge in [-0.3, -0.25) is 0 Å². The third kappa shape index (κ3) is 3.68. The Balaban J connectivity index is 1.97. The second-order valence-corrected chi connectivity index (χ2v) is 5.13. The number of hydrogen-bond acceptors (Lipinski definition) is 5. The average molecular weight is 315 g/mol. The van der Waals surface area contributed by atoms with E-state index in [4.69, 9.17) is 16.3 Å². The summed E-state index contributed by atoms with van der Waals surface area (Å²) in [4.78, 5) is 15.6. The summed E-state index contributed by atoms with van der Waals surface area (Å²) in [5.74, 6) is -0.893. The van der Waals surface area contributed by atoms with Crippen LogP contribution in [0.25, 0.3) is 0 Å². The molecule has 0 aliphatic carbocycles. The third-order valence-corrected chi connectivity index (χ3v) is 3.51. The molecule has 0 saturated carbocycles. The number of thiazole rings is 1. The molecule has 0 spiro atoms. The summed E-state index contributed by atoms with van der Waals surface area (Å²) in [6.45, 7) is 2.49. The molecule has 1 N–H and O–H groups in total. The smallest absolute Gasteiger partial charge is 0.357 e. The summed E-state index contributed by atoms with van der Waals surface area (Å²) in [6.07, 6.45) is 0. The number of rotatable bonds is 5. The summed E-state index contributed by atoms with van der Waals surface area (Å²) in [7, 11) is 0. The fourth-order valence-electron chi connectivity index (χ4n) is 1.48. The van der Waals surface area contributed by atoms with Gasteiger partial charge in [0.2, 0.25) is 0 Å². The van der Waals surface area contributed by atoms with Crippen LogP contribution in [0.1, 0.15) is 23.0 Å². The number of halogens is 2. The average Bonchev–Trinajstić information content (AvgIpc) is 2.89. The molecular formula is C13H12ClFN2O2S. The number of esters is 1. The molecule has 2 aromatic rings. The highest BCUT2D eigenvalue weighted by Gasteiger charge is 2.11. The molecule has 7 heteroatoms. The number of aromatic nitrogens is 1. The Hall–Kier alpha value is -1.66. The van der Waals surface area contributed by atoms with Gasteiger partial charge in [-0.1, -0.05) is 17.7 Å². The molecule has 2 rings (SSSR count). The first kappa shape index (κ1) is 14.7. The maximum absolute atomic E-state index is 13.0. The van der Waals surface area contributed by atoms with Crippen molar-refractivity contribution in [1.82, 2.24) is 4.98 Å². The Morgan fingerprint density at radius 2 is 2.35 bits per heavy atom. The predicted molar refractivity (Wildman–Crippen MR) is 76.8 cm³/mol. The lowest BCUT2D eigenvalue weighted by atomic mass is 10.2. The van der Waals surface area contributed by atoms with Crippen LogP contribution in [0.3, 0.4) is 0 Å². The number of benzene rings is 1. The second-order valence-electron chi connectivity index (χ2n) is 3.86. The molecule has 0 amide bonds. The molecule has 0 radical (unpaired) electrons. The number of nitrogens with zero attached hydrogens (tertiary/aromatic N) is 1. The quantitative estimate of drug-likeness (QED) is 0.854. The van der Waals surface area contributed by atoms with Gasteiger partial charge in [0.05, 0.1) is 11.6 Å². The lowest BCUT2D eigenvalue weighted by molar-refractivity contribution is 0.0520. The van der Waals surface area contributed by atoms with Crippen LogP contribution in [0, 0.1) is 5.82 Å². The highest BCUT2D eigenvalue weighted by Crippen LogP contribution is 2.19. The SMILES string of the molecule is CCOC(=O)c1csc(NCc2ccc(F)c(Cl)c2)n1. The summed E-state index contributed by atoms with van der Waals surface area (Å²) in [6, 6.07) is 4.49. The van der Waals surface area contributed by atoms with E-state index in [9.17, 15) is 9.18 Å². The van der Waals surface area contributed by atoms with E-state index in [-0.39, 0.29) is 10.7 Å². The minimum atomic E-state index is -0.450. The standard InChI is InChI=1S/C13H12ClFN2O2S/c1-2-19-12(18)11-7-20-13(17-11)16-6-8-3-4-10(15)9(14)5-8/h3-5,7H,2,6H2,1H3,(H,16,17). The number of hydrogen-bond donors (Lipinski definition) is 1. The molecule has 0 aliphatic rings. The number of carbonyl (C=O) groups is 1. The normalized spacial score (nSPS) is 10.3. The van der Waals surface area contributed by atoms with Crippen LogP contribution in [0.5, 0.6) is 0 Å². The molecule has 1 aromatic carbocycles. The van der Waals surface area contributed by atoms with Crippen molar-refractivity contribution in [2.45, 2.75) is 13.5 Å². The topological polar surface area (TPSA) is 51.2 Å². The first-order chi connectivity index (χ1) is 9.60. The molecule has 1 heterocycles. The van der Waals surface area contributed by atoms with E-state index in [1.54, 1.807) is 24.4 Å². The number of anilines is 1. The zero-order chi connectivity index (χ0) is 14.5. The lowest BCUT2D eigenvalue weighted by Crippen LogP contribution is -2.05. The first-order valence-electron chi connectivity index (χ1n) is 5.90. The van der Waals surface area contributed by atoms with Gasteiger partial charge in [0.25, 0.3) is 0 Å². The Morgan fingerprint density at radius 3 is 3.05 bits per heavy atom. The molecule has 1 aromatic heterocycles. The Kier molecular flexibility index (Phi) is 4.92. The molecule has 0 fully saturated rings. The van der Waals surface area contributed by atoms with Gasteiger partial charge in [-0.2, -0.15) is 0 Å². The predicted octanol–water partition coefficient (Wildman–Crippen LogP) is 3.72. The van der Waals surface area contributed by atoms with E-state index in [1.807, 2.05) is 0 Å². The van der Waals surface area contributed by atoms with Crippen molar-refractivity contribution in [3.63, 3.8) is 0 Å². The Bertz CT molecular complexity index is 618. The van der Waals surface area contributed by atoms with Gasteiger partial charge >= 0.3 is 5.97 Å². The van der Waals surface area contributed by atoms with Gasteiger partial charge in [-0.05, 0) is 24.6 Å². The zero-order valence-electron chi connectivity index (χ0n) is 10.7. The van der Waals surface area contributed by atoms with Crippen LogP contribution in [0.4, 0.5) is 9.52 Å². The van der Waals surface area contributed by atoms with Crippen LogP contribution in [0.2, 0.25) is 5.02 Å². The van der Waals surface area contributed by atoms with Gasteiger partial charge in [0.15, 0.2) is 10.8 Å². The van der Waals surface area contributed by atoms with Crippen molar-refractivity contribution in [2.75, 3.05) is 11.9 Å². The van der Waals surface area contributed by atoms with Crippen molar-refractivity contribution in [3.8, 4) is 0 Å². The third-order valence-electron chi connectivity index (χ3n) is 2.42. The van der Waals surface area contributed by atoms with E-state index < -0.39 is 11.8 Å². The van der Waals surface area contributed by atoms with Gasteiger partial charge in [-0.15, -0.1) is 11.3 Å². The van der Waals surface area contributed by atoms with Gasteiger partial charge in [-0.25, -0.2) is 14.2 Å². The largest absolute Gasteiger partial charge is 0.461 e. The van der Waals surface area contributed by atoms with Crippen LogP contribution in [0.15, 0.2) is 23.6 Å². The highest BCUT2D eigenvalue weighted by atomic mass is 35.5. The van der Waals surface area contributed by atoms with Gasteiger partial charge in [0.1, 0.15) is 5.82 Å². The maximum Gasteiger partial charge on any atom is 0.357 e. The molecule has 4 nitrogen and oxygen atoms in total. The van der Waals surface area contributed by atoms with E-state index >= 15 is 0 Å². The number of nitrogens with one attached hydrogen (secondary N) is 1. The maximum atomic E-state index is 13.0. The summed E-state index contributed by atoms with van der Waals surface area (Å²) in [5, 5.41) is 5.34. The van der Waals surface area contributed by atoms with Crippen molar-refractivity contribution in [3.05, 3.63) is 45.7 Å². The molecule has 20 heavy (non-hydrogen) atoms. The molecule has 0 aliphatic heterocycles. The Labute approximate surface area is 124 Å². The van der Waals surface area contributed by atoms with E-state index in [1.165, 1.54) is 17.4 Å². The second kappa shape index (κ2) is 6.67. The number of ether oxygens (including phenoxy) is 1. The van der Waals surface area contributed by atoms with Crippen LogP contribution >= 0.6 is 22.9 Å². The fraction of sp³-hybridized carbons (Fsp3) is 0.231. The summed E-state index contributed by atoms with van der Waals surface area (Å²) < 4.78 is 17.9. The summed E-state index contributed by atoms with van der Waals surface area (Å²) in [5.41, 5.74) is 1.10. The van der Waals surface area contributed by atoms with Crippen molar-refractivity contribution in [2.24, 2.45) is 0 Å². The van der Waals surface area contributed by atoms with Crippen molar-refractivity contribution < 1.29 is 13.9 Å². The van der Waals surface area contributed by atoms with E-state index in [2.05, 4.69) is 10.3 Å². The lowest BCUT2D eigenvalue weighted by Gasteiger charge is -2.04. The van der Waals surface area contributed by atoms with Crippen molar-refractivity contribution >= 4 is 34.0 Å². The number of carbonyl (C=O) groups excluding carboxylic acids is 1. The van der Waals surface area contributed by atoms with Gasteiger partial charge in [0, 0.05) is 11.9 Å². The van der Waals surface area contributed by atoms with Gasteiger partial charge < -0.3 is 10.1 Å². The minimum absolute atomic E-state index is 0.0793. The fourth-order valence-corrected chi connectivity index (χ4v) is 2.36. The summed E-state index contributed by atoms with van der Waals surface area (Å²) >= 11 is 7.00. The molecule has 106 valence electrons. The minimum Gasteiger partial charge on any atom is -0.461 e.